The van der Waals surface area contributed by atoms with Gasteiger partial charge in [-0.3, -0.25) is 19.3 Å². The number of carbonyl (C=O) groups is 4. The predicted molar refractivity (Wildman–Crippen MR) is 156 cm³/mol. The summed E-state index contributed by atoms with van der Waals surface area (Å²) in [4.78, 5) is 61.6. The monoisotopic (exact) mass is 562 g/mol. The number of H-pyrrole nitrogens is 1. The van der Waals surface area contributed by atoms with Gasteiger partial charge in [0.05, 0.1) is 17.2 Å². The number of piperidine rings is 1. The Balaban J connectivity index is 1.28. The lowest BCUT2D eigenvalue weighted by Gasteiger charge is -2.36. The maximum absolute atomic E-state index is 14.3. The van der Waals surface area contributed by atoms with Crippen LogP contribution >= 0.6 is 0 Å². The molecule has 2 fully saturated rings. The maximum atomic E-state index is 14.3. The minimum Gasteiger partial charge on any atom is -0.481 e. The first-order chi connectivity index (χ1) is 20.3. The van der Waals surface area contributed by atoms with Crippen molar-refractivity contribution in [2.45, 2.75) is 38.3 Å². The summed E-state index contributed by atoms with van der Waals surface area (Å²) in [7, 11) is 0. The minimum atomic E-state index is -0.854. The van der Waals surface area contributed by atoms with Crippen LogP contribution in [0, 0.1) is 12.8 Å². The van der Waals surface area contributed by atoms with Crippen LogP contribution in [-0.2, 0) is 16.0 Å². The summed E-state index contributed by atoms with van der Waals surface area (Å²) in [5.41, 5.74) is 5.36. The number of fused-ring (bicyclic) bond motifs is 4. The summed E-state index contributed by atoms with van der Waals surface area (Å²) in [6.07, 6.45) is 1.09. The molecule has 3 aliphatic rings. The number of nitrogens with zero attached hydrogens (tertiary/aromatic N) is 3. The molecule has 2 atom stereocenters. The van der Waals surface area contributed by atoms with Gasteiger partial charge in [-0.2, -0.15) is 0 Å². The molecule has 1 aromatic heterocycles. The van der Waals surface area contributed by atoms with Crippen molar-refractivity contribution in [3.05, 3.63) is 101 Å². The molecule has 0 unspecified atom stereocenters. The third-order valence-corrected chi connectivity index (χ3v) is 8.95. The predicted octanol–water partition coefficient (Wildman–Crippen LogP) is 4.90. The largest absolute Gasteiger partial charge is 0.481 e. The van der Waals surface area contributed by atoms with Gasteiger partial charge in [-0.15, -0.1) is 0 Å². The Kier molecular flexibility index (Phi) is 6.11. The zero-order valence-corrected chi connectivity index (χ0v) is 23.1. The second-order valence-corrected chi connectivity index (χ2v) is 11.4. The maximum Gasteiger partial charge on any atom is 0.332 e. The van der Waals surface area contributed by atoms with Crippen molar-refractivity contribution in [2.75, 3.05) is 18.0 Å². The first-order valence-corrected chi connectivity index (χ1v) is 14.3. The van der Waals surface area contributed by atoms with E-state index in [0.717, 1.165) is 38.2 Å². The highest BCUT2D eigenvalue weighted by Gasteiger charge is 2.53. The number of carboxylic acids is 1. The molecule has 4 amide bonds. The lowest BCUT2D eigenvalue weighted by molar-refractivity contribution is -0.143. The number of rotatable bonds is 4. The number of benzene rings is 3. The number of carbonyl (C=O) groups excluding carboxylic acids is 3. The van der Waals surface area contributed by atoms with E-state index in [0.29, 0.717) is 32.4 Å². The highest BCUT2D eigenvalue weighted by atomic mass is 16.4. The van der Waals surface area contributed by atoms with E-state index >= 15 is 0 Å². The Labute approximate surface area is 242 Å². The molecule has 0 spiro atoms. The van der Waals surface area contributed by atoms with Crippen LogP contribution in [0.4, 0.5) is 10.5 Å². The first kappa shape index (κ1) is 26.0. The van der Waals surface area contributed by atoms with Crippen molar-refractivity contribution in [2.24, 2.45) is 5.92 Å². The van der Waals surface area contributed by atoms with Crippen LogP contribution in [0.3, 0.4) is 0 Å². The molecule has 2 saturated heterocycles. The Morgan fingerprint density at radius 1 is 0.905 bits per heavy atom. The van der Waals surface area contributed by atoms with Crippen molar-refractivity contribution in [3.8, 4) is 0 Å². The number of anilines is 1. The second-order valence-electron chi connectivity index (χ2n) is 11.4. The number of amides is 4. The van der Waals surface area contributed by atoms with E-state index in [1.165, 1.54) is 0 Å². The fourth-order valence-corrected chi connectivity index (χ4v) is 6.74. The van der Waals surface area contributed by atoms with E-state index in [2.05, 4.69) is 4.98 Å². The van der Waals surface area contributed by atoms with Gasteiger partial charge < -0.3 is 15.0 Å². The normalized spacial score (nSPS) is 20.6. The second kappa shape index (κ2) is 9.87. The van der Waals surface area contributed by atoms with Gasteiger partial charge >= 0.3 is 12.0 Å². The van der Waals surface area contributed by atoms with Crippen molar-refractivity contribution in [1.29, 1.82) is 0 Å². The van der Waals surface area contributed by atoms with Crippen LogP contribution < -0.4 is 4.90 Å². The highest BCUT2D eigenvalue weighted by molar-refractivity contribution is 6.24. The lowest BCUT2D eigenvalue weighted by atomic mass is 9.88. The van der Waals surface area contributed by atoms with Gasteiger partial charge in [0, 0.05) is 36.1 Å². The molecule has 42 heavy (non-hydrogen) atoms. The third kappa shape index (κ3) is 3.99. The number of aryl methyl sites for hydroxylation is 1. The fourth-order valence-electron chi connectivity index (χ4n) is 6.74. The Hall–Kier alpha value is -4.92. The Bertz CT molecular complexity index is 1750. The molecule has 3 aliphatic heterocycles. The van der Waals surface area contributed by atoms with Crippen molar-refractivity contribution >= 4 is 40.4 Å². The summed E-state index contributed by atoms with van der Waals surface area (Å²) in [6, 6.07) is 21.0. The SMILES string of the molecule is Cc1ccc([C@@H]2c3[nH]c4ccccc4c3C[C@H]3C(=O)N(c4ccccc4C(=O)N4CCC(C(=O)O)CC4)C(=O)N23)cc1. The van der Waals surface area contributed by atoms with Gasteiger partial charge in [0.2, 0.25) is 0 Å². The minimum absolute atomic E-state index is 0.253. The number of likely N-dealkylation sites (tertiary alicyclic amines) is 1. The van der Waals surface area contributed by atoms with E-state index in [-0.39, 0.29) is 23.1 Å². The van der Waals surface area contributed by atoms with Crippen LogP contribution in [-0.4, -0.2) is 62.8 Å². The van der Waals surface area contributed by atoms with Crippen LogP contribution in [0.15, 0.2) is 72.8 Å². The van der Waals surface area contributed by atoms with Gasteiger partial charge in [0.25, 0.3) is 11.8 Å². The number of urea groups is 1. The molecule has 2 N–H and O–H groups in total. The van der Waals surface area contributed by atoms with E-state index in [1.54, 1.807) is 34.1 Å². The van der Waals surface area contributed by atoms with Crippen molar-refractivity contribution in [3.63, 3.8) is 0 Å². The van der Waals surface area contributed by atoms with Crippen LogP contribution in [0.1, 0.15) is 51.6 Å². The quantitative estimate of drug-likeness (QED) is 0.344. The standard InChI is InChI=1S/C33H30N4O5/c1-19-10-12-20(13-11-19)29-28-24(22-6-2-4-8-25(22)34-28)18-27-31(39)37(33(42)36(27)29)26-9-5-3-7-23(26)30(38)35-16-14-21(15-17-35)32(40)41/h2-13,21,27,29,34H,14-18H2,1H3,(H,40,41)/t27-,29+/m0/s1. The molecule has 212 valence electrons. The zero-order valence-electron chi connectivity index (χ0n) is 23.1. The number of aromatic amines is 1. The lowest BCUT2D eigenvalue weighted by Crippen LogP contribution is -2.44. The summed E-state index contributed by atoms with van der Waals surface area (Å²) in [5.74, 6) is -2.01. The Morgan fingerprint density at radius 3 is 2.33 bits per heavy atom. The molecule has 0 radical (unpaired) electrons. The molecule has 0 saturated carbocycles. The highest BCUT2D eigenvalue weighted by Crippen LogP contribution is 2.45. The van der Waals surface area contributed by atoms with Gasteiger partial charge in [0.1, 0.15) is 12.1 Å². The molecule has 7 rings (SSSR count). The Morgan fingerprint density at radius 2 is 1.60 bits per heavy atom. The number of imide groups is 1. The summed E-state index contributed by atoms with van der Waals surface area (Å²) in [6.45, 7) is 2.61. The van der Waals surface area contributed by atoms with Crippen LogP contribution in [0.5, 0.6) is 0 Å². The van der Waals surface area contributed by atoms with Crippen molar-refractivity contribution in [1.82, 2.24) is 14.8 Å². The molecule has 0 bridgehead atoms. The summed E-state index contributed by atoms with van der Waals surface area (Å²) in [5, 5.41) is 10.4. The van der Waals surface area contributed by atoms with E-state index in [9.17, 15) is 24.3 Å². The topological polar surface area (TPSA) is 114 Å². The molecule has 4 heterocycles. The van der Waals surface area contributed by atoms with Gasteiger partial charge in [0.15, 0.2) is 0 Å². The van der Waals surface area contributed by atoms with Crippen LogP contribution in [0.25, 0.3) is 10.9 Å². The number of carboxylic acid groups (broad SMARTS) is 1. The number of hydrogen-bond donors (Lipinski definition) is 2. The number of para-hydroxylation sites is 2. The number of aromatic nitrogens is 1. The third-order valence-electron chi connectivity index (χ3n) is 8.95. The van der Waals surface area contributed by atoms with E-state index < -0.39 is 30.0 Å². The zero-order chi connectivity index (χ0) is 29.1. The summed E-state index contributed by atoms with van der Waals surface area (Å²) >= 11 is 0. The van der Waals surface area contributed by atoms with E-state index in [4.69, 9.17) is 0 Å². The fraction of sp³-hybridized carbons (Fsp3) is 0.273. The number of hydrogen-bond acceptors (Lipinski definition) is 4. The molecule has 0 aliphatic carbocycles. The smallest absolute Gasteiger partial charge is 0.332 e. The summed E-state index contributed by atoms with van der Waals surface area (Å²) < 4.78 is 0. The van der Waals surface area contributed by atoms with Gasteiger partial charge in [-0.25, -0.2) is 9.69 Å². The number of nitrogens with one attached hydrogen (secondary N) is 1. The average molecular weight is 563 g/mol. The average Bonchev–Trinajstić information content (AvgIpc) is 3.50. The molecule has 9 nitrogen and oxygen atoms in total. The van der Waals surface area contributed by atoms with Gasteiger partial charge in [-0.1, -0.05) is 60.2 Å². The molecule has 3 aromatic carbocycles. The van der Waals surface area contributed by atoms with Gasteiger partial charge in [-0.05, 0) is 49.1 Å². The first-order valence-electron chi connectivity index (χ1n) is 14.3. The molecule has 4 aromatic rings. The molecular weight excluding hydrogens is 532 g/mol. The van der Waals surface area contributed by atoms with Crippen LogP contribution in [0.2, 0.25) is 0 Å². The van der Waals surface area contributed by atoms with Crippen molar-refractivity contribution < 1.29 is 24.3 Å². The number of aliphatic carboxylic acids is 1. The molecular formula is C33H30N4O5. The molecule has 9 heteroatoms. The van der Waals surface area contributed by atoms with E-state index in [1.807, 2.05) is 55.5 Å².